The summed E-state index contributed by atoms with van der Waals surface area (Å²) in [5.41, 5.74) is 19.8. The molecule has 0 bridgehead atoms. The lowest BCUT2D eigenvalue weighted by Gasteiger charge is -2.27. The van der Waals surface area contributed by atoms with E-state index in [1.807, 2.05) is 0 Å². The third kappa shape index (κ3) is 7.29. The molecular weight excluding hydrogens is 883 g/mol. The highest BCUT2D eigenvalue weighted by molar-refractivity contribution is 6.13. The second-order valence-corrected chi connectivity index (χ2v) is 18.9. The maximum absolute atomic E-state index is 2.40. The van der Waals surface area contributed by atoms with Gasteiger partial charge in [-0.3, -0.25) is 0 Å². The molecule has 0 aliphatic rings. The zero-order valence-electron chi connectivity index (χ0n) is 40.0. The predicted octanol–water partition coefficient (Wildman–Crippen LogP) is 19.2. The number of aromatic nitrogens is 2. The molecule has 14 rings (SSSR count). The van der Waals surface area contributed by atoms with Crippen molar-refractivity contribution in [2.75, 3.05) is 4.90 Å². The van der Waals surface area contributed by atoms with Crippen molar-refractivity contribution in [2.45, 2.75) is 0 Å². The molecule has 0 saturated heterocycles. The molecule has 342 valence electrons. The Hall–Kier alpha value is -9.70. The Morgan fingerprint density at radius 2 is 0.616 bits per heavy atom. The summed E-state index contributed by atoms with van der Waals surface area (Å²) in [6.07, 6.45) is 0. The molecule has 73 heavy (non-hydrogen) atoms. The Kier molecular flexibility index (Phi) is 10.2. The van der Waals surface area contributed by atoms with Gasteiger partial charge in [0.05, 0.1) is 27.8 Å². The van der Waals surface area contributed by atoms with E-state index >= 15 is 0 Å². The van der Waals surface area contributed by atoms with Crippen molar-refractivity contribution >= 4 is 71.4 Å². The SMILES string of the molecule is c1ccc(-c2ccc(N(c3ccccc3)c3ccc(-c4cc(-c5ccc6c(c5)c5ccccc5n6-c5ccccc5)cc(-c5ccc6c(c5)c5ccccc5n6-c5ccccc5)c4)c4ccccc34)cc2)cc1. The molecule has 2 aromatic heterocycles. The second-order valence-electron chi connectivity index (χ2n) is 18.9. The van der Waals surface area contributed by atoms with Gasteiger partial charge in [0, 0.05) is 49.7 Å². The molecule has 0 aliphatic heterocycles. The summed E-state index contributed by atoms with van der Waals surface area (Å²) < 4.78 is 4.78. The van der Waals surface area contributed by atoms with Crippen molar-refractivity contribution in [3.63, 3.8) is 0 Å². The highest BCUT2D eigenvalue weighted by Crippen LogP contribution is 2.45. The van der Waals surface area contributed by atoms with Crippen LogP contribution >= 0.6 is 0 Å². The lowest BCUT2D eigenvalue weighted by atomic mass is 9.90. The quantitative estimate of drug-likeness (QED) is 0.141. The third-order valence-electron chi connectivity index (χ3n) is 14.7. The second kappa shape index (κ2) is 17.6. The van der Waals surface area contributed by atoms with Crippen molar-refractivity contribution in [2.24, 2.45) is 0 Å². The maximum atomic E-state index is 2.40. The Balaban J connectivity index is 0.971. The van der Waals surface area contributed by atoms with Crippen molar-refractivity contribution < 1.29 is 0 Å². The Labute approximate surface area is 424 Å². The zero-order valence-corrected chi connectivity index (χ0v) is 40.0. The number of nitrogens with zero attached hydrogens (tertiary/aromatic N) is 3. The minimum absolute atomic E-state index is 1.10. The lowest BCUT2D eigenvalue weighted by Crippen LogP contribution is -2.10. The van der Waals surface area contributed by atoms with Gasteiger partial charge in [-0.2, -0.15) is 0 Å². The number of benzene rings is 12. The van der Waals surface area contributed by atoms with Crippen LogP contribution in [0.3, 0.4) is 0 Å². The van der Waals surface area contributed by atoms with Crippen LogP contribution in [0.4, 0.5) is 17.1 Å². The van der Waals surface area contributed by atoms with Crippen molar-refractivity contribution in [3.8, 4) is 55.9 Å². The van der Waals surface area contributed by atoms with Crippen LogP contribution in [0, 0.1) is 0 Å². The summed E-state index contributed by atoms with van der Waals surface area (Å²) in [4.78, 5) is 2.39. The maximum Gasteiger partial charge on any atom is 0.0541 e. The van der Waals surface area contributed by atoms with E-state index in [0.717, 1.165) is 45.1 Å². The molecule has 0 aliphatic carbocycles. The number of fused-ring (bicyclic) bond motifs is 7. The molecule has 0 unspecified atom stereocenters. The van der Waals surface area contributed by atoms with E-state index in [-0.39, 0.29) is 0 Å². The fraction of sp³-hybridized carbons (Fsp3) is 0. The lowest BCUT2D eigenvalue weighted by molar-refractivity contribution is 1.18. The van der Waals surface area contributed by atoms with Gasteiger partial charge in [-0.25, -0.2) is 0 Å². The molecule has 0 atom stereocenters. The Bertz CT molecular complexity index is 4170. The molecule has 0 saturated carbocycles. The third-order valence-corrected chi connectivity index (χ3v) is 14.7. The summed E-state index contributed by atoms with van der Waals surface area (Å²) in [7, 11) is 0. The fourth-order valence-corrected chi connectivity index (χ4v) is 11.3. The number of para-hydroxylation sites is 5. The predicted molar refractivity (Wildman–Crippen MR) is 309 cm³/mol. The van der Waals surface area contributed by atoms with Gasteiger partial charge in [-0.05, 0) is 159 Å². The Morgan fingerprint density at radius 3 is 1.16 bits per heavy atom. The fourth-order valence-electron chi connectivity index (χ4n) is 11.3. The molecule has 14 aromatic rings. The molecule has 0 N–H and O–H groups in total. The number of rotatable bonds is 9. The molecule has 12 aromatic carbocycles. The van der Waals surface area contributed by atoms with Crippen molar-refractivity contribution in [3.05, 3.63) is 285 Å². The van der Waals surface area contributed by atoms with Gasteiger partial charge < -0.3 is 14.0 Å². The van der Waals surface area contributed by atoms with Crippen LogP contribution in [-0.2, 0) is 0 Å². The van der Waals surface area contributed by atoms with Gasteiger partial charge in [0.1, 0.15) is 0 Å². The molecule has 0 amide bonds. The van der Waals surface area contributed by atoms with Crippen LogP contribution in [0.15, 0.2) is 285 Å². The molecular formula is C70H47N3. The summed E-state index contributed by atoms with van der Waals surface area (Å²) in [5.74, 6) is 0. The largest absolute Gasteiger partial charge is 0.310 e. The summed E-state index contributed by atoms with van der Waals surface area (Å²) >= 11 is 0. The first-order valence-corrected chi connectivity index (χ1v) is 25.1. The van der Waals surface area contributed by atoms with E-state index < -0.39 is 0 Å². The summed E-state index contributed by atoms with van der Waals surface area (Å²) in [6.45, 7) is 0. The summed E-state index contributed by atoms with van der Waals surface area (Å²) in [6, 6.07) is 104. The van der Waals surface area contributed by atoms with Crippen LogP contribution in [0.2, 0.25) is 0 Å². The minimum atomic E-state index is 1.10. The van der Waals surface area contributed by atoms with E-state index in [2.05, 4.69) is 299 Å². The van der Waals surface area contributed by atoms with Gasteiger partial charge in [0.25, 0.3) is 0 Å². The van der Waals surface area contributed by atoms with Gasteiger partial charge in [-0.15, -0.1) is 0 Å². The smallest absolute Gasteiger partial charge is 0.0541 e. The highest BCUT2D eigenvalue weighted by Gasteiger charge is 2.20. The van der Waals surface area contributed by atoms with Crippen LogP contribution in [-0.4, -0.2) is 9.13 Å². The molecule has 0 radical (unpaired) electrons. The van der Waals surface area contributed by atoms with E-state index in [0.29, 0.717) is 0 Å². The van der Waals surface area contributed by atoms with E-state index in [1.165, 1.54) is 82.2 Å². The normalized spacial score (nSPS) is 11.6. The number of hydrogen-bond donors (Lipinski definition) is 0. The summed E-state index contributed by atoms with van der Waals surface area (Å²) in [5, 5.41) is 7.29. The van der Waals surface area contributed by atoms with Crippen molar-refractivity contribution in [1.29, 1.82) is 0 Å². The minimum Gasteiger partial charge on any atom is -0.310 e. The van der Waals surface area contributed by atoms with Crippen molar-refractivity contribution in [1.82, 2.24) is 9.13 Å². The van der Waals surface area contributed by atoms with Gasteiger partial charge in [0.2, 0.25) is 0 Å². The highest BCUT2D eigenvalue weighted by atomic mass is 15.1. The topological polar surface area (TPSA) is 13.1 Å². The number of anilines is 3. The van der Waals surface area contributed by atoms with E-state index in [9.17, 15) is 0 Å². The molecule has 2 heterocycles. The van der Waals surface area contributed by atoms with Gasteiger partial charge in [0.15, 0.2) is 0 Å². The monoisotopic (exact) mass is 929 g/mol. The van der Waals surface area contributed by atoms with Crippen LogP contribution in [0.25, 0.3) is 110 Å². The van der Waals surface area contributed by atoms with Crippen LogP contribution in [0.1, 0.15) is 0 Å². The number of hydrogen-bond acceptors (Lipinski definition) is 1. The zero-order chi connectivity index (χ0) is 48.2. The Morgan fingerprint density at radius 1 is 0.219 bits per heavy atom. The molecule has 0 fully saturated rings. The molecule has 3 heteroatoms. The van der Waals surface area contributed by atoms with Gasteiger partial charge >= 0.3 is 0 Å². The standard InChI is InChI=1S/C70H47N3/c1-5-19-48(20-6-1)49-33-37-58(38-34-49)71(55-21-7-2-8-22-55)68-42-39-59(60-27-13-14-28-61(60)68)54-44-52(50-35-40-69-64(46-50)62-29-15-17-31-66(62)72(69)56-23-9-3-10-24-56)43-53(45-54)51-36-41-70-65(47-51)63-30-16-18-32-67(63)73(70)57-25-11-4-12-26-57/h1-47H. The van der Waals surface area contributed by atoms with Crippen LogP contribution < -0.4 is 4.90 Å². The van der Waals surface area contributed by atoms with Crippen LogP contribution in [0.5, 0.6) is 0 Å². The average molecular weight is 930 g/mol. The van der Waals surface area contributed by atoms with Gasteiger partial charge in [-0.1, -0.05) is 176 Å². The van der Waals surface area contributed by atoms with E-state index in [4.69, 9.17) is 0 Å². The first-order valence-electron chi connectivity index (χ1n) is 25.1. The van der Waals surface area contributed by atoms with E-state index in [1.54, 1.807) is 0 Å². The average Bonchev–Trinajstić information content (AvgIpc) is 3.99. The first kappa shape index (κ1) is 42.2. The molecule has 3 nitrogen and oxygen atoms in total. The molecule has 0 spiro atoms. The first-order chi connectivity index (χ1) is 36.2.